The molecule has 0 radical (unpaired) electrons. The van der Waals surface area contributed by atoms with Crippen LogP contribution in [0.5, 0.6) is 0 Å². The van der Waals surface area contributed by atoms with Gasteiger partial charge < -0.3 is 4.90 Å². The van der Waals surface area contributed by atoms with Crippen LogP contribution in [-0.4, -0.2) is 59.5 Å². The van der Waals surface area contributed by atoms with E-state index >= 15 is 0 Å². The van der Waals surface area contributed by atoms with E-state index in [2.05, 4.69) is 5.10 Å². The fourth-order valence-electron chi connectivity index (χ4n) is 2.91. The summed E-state index contributed by atoms with van der Waals surface area (Å²) >= 11 is 1.25. The highest BCUT2D eigenvalue weighted by molar-refractivity contribution is 7.91. The van der Waals surface area contributed by atoms with Gasteiger partial charge in [0, 0.05) is 43.7 Å². The highest BCUT2D eigenvalue weighted by Crippen LogP contribution is 2.25. The van der Waals surface area contributed by atoms with Crippen molar-refractivity contribution in [1.29, 1.82) is 0 Å². The summed E-state index contributed by atoms with van der Waals surface area (Å²) in [6.07, 6.45) is 0.739. The normalized spacial score (nSPS) is 15.9. The first kappa shape index (κ1) is 19.7. The van der Waals surface area contributed by atoms with Crippen LogP contribution in [0.1, 0.15) is 28.7 Å². The summed E-state index contributed by atoms with van der Waals surface area (Å²) in [7, 11) is -3.52. The van der Waals surface area contributed by atoms with Gasteiger partial charge in [-0.15, -0.1) is 11.3 Å². The van der Waals surface area contributed by atoms with Gasteiger partial charge in [-0.3, -0.25) is 9.59 Å². The average molecular weight is 411 g/mol. The third-order valence-electron chi connectivity index (χ3n) is 4.36. The topological polar surface area (TPSA) is 92.6 Å². The number of carbonyl (C=O) groups is 1. The molecule has 0 unspecified atom stereocenters. The Bertz CT molecular complexity index is 988. The smallest absolute Gasteiger partial charge is 0.274 e. The Morgan fingerprint density at radius 3 is 2.44 bits per heavy atom. The number of piperazine rings is 1. The SMILES string of the molecule is CCCn1nc(C(=O)N2CCN(S(=O)(=O)c3ccc(C)s3)CC2)ccc1=O. The minimum Gasteiger partial charge on any atom is -0.335 e. The molecule has 2 aromatic rings. The van der Waals surface area contributed by atoms with Gasteiger partial charge in [0.05, 0.1) is 0 Å². The quantitative estimate of drug-likeness (QED) is 0.738. The Hall–Kier alpha value is -2.04. The fourth-order valence-corrected chi connectivity index (χ4v) is 5.77. The molecular weight excluding hydrogens is 388 g/mol. The van der Waals surface area contributed by atoms with Crippen LogP contribution < -0.4 is 5.56 Å². The number of sulfonamides is 1. The van der Waals surface area contributed by atoms with Gasteiger partial charge in [0.2, 0.25) is 0 Å². The van der Waals surface area contributed by atoms with Gasteiger partial charge in [0.15, 0.2) is 0 Å². The molecule has 0 bridgehead atoms. The third-order valence-corrected chi connectivity index (χ3v) is 7.72. The van der Waals surface area contributed by atoms with Crippen molar-refractivity contribution in [3.63, 3.8) is 0 Å². The zero-order chi connectivity index (χ0) is 19.6. The number of rotatable bonds is 5. The first-order chi connectivity index (χ1) is 12.8. The zero-order valence-corrected chi connectivity index (χ0v) is 16.9. The van der Waals surface area contributed by atoms with E-state index in [1.807, 2.05) is 13.8 Å². The molecule has 0 N–H and O–H groups in total. The third kappa shape index (κ3) is 4.12. The monoisotopic (exact) mass is 410 g/mol. The van der Waals surface area contributed by atoms with E-state index in [1.165, 1.54) is 32.5 Å². The number of thiophene rings is 1. The van der Waals surface area contributed by atoms with Gasteiger partial charge >= 0.3 is 0 Å². The molecule has 0 aromatic carbocycles. The number of aryl methyl sites for hydroxylation is 2. The van der Waals surface area contributed by atoms with Gasteiger partial charge in [-0.2, -0.15) is 9.40 Å². The molecule has 146 valence electrons. The van der Waals surface area contributed by atoms with Crippen LogP contribution >= 0.6 is 11.3 Å². The molecule has 0 atom stereocenters. The highest BCUT2D eigenvalue weighted by atomic mass is 32.2. The van der Waals surface area contributed by atoms with E-state index in [-0.39, 0.29) is 43.3 Å². The zero-order valence-electron chi connectivity index (χ0n) is 15.3. The van der Waals surface area contributed by atoms with Crippen molar-refractivity contribution in [2.75, 3.05) is 26.2 Å². The second-order valence-corrected chi connectivity index (χ2v) is 9.79. The first-order valence-corrected chi connectivity index (χ1v) is 11.0. The summed E-state index contributed by atoms with van der Waals surface area (Å²) in [6, 6.07) is 6.17. The maximum atomic E-state index is 12.7. The van der Waals surface area contributed by atoms with Crippen molar-refractivity contribution in [3.8, 4) is 0 Å². The van der Waals surface area contributed by atoms with E-state index in [1.54, 1.807) is 17.0 Å². The van der Waals surface area contributed by atoms with Crippen LogP contribution in [0.3, 0.4) is 0 Å². The van der Waals surface area contributed by atoms with Crippen molar-refractivity contribution >= 4 is 27.3 Å². The summed E-state index contributed by atoms with van der Waals surface area (Å²) in [4.78, 5) is 27.0. The standard InChI is InChI=1S/C17H22N4O4S2/c1-3-8-21-15(22)6-5-14(18-21)17(23)19-9-11-20(12-10-19)27(24,25)16-7-4-13(2)26-16/h4-7H,3,8-12H2,1-2H3. The Kier molecular flexibility index (Phi) is 5.78. The lowest BCUT2D eigenvalue weighted by Crippen LogP contribution is -2.50. The van der Waals surface area contributed by atoms with E-state index in [4.69, 9.17) is 0 Å². The van der Waals surface area contributed by atoms with Gasteiger partial charge in [-0.1, -0.05) is 6.92 Å². The predicted molar refractivity (Wildman–Crippen MR) is 103 cm³/mol. The Balaban J connectivity index is 1.69. The van der Waals surface area contributed by atoms with E-state index in [0.29, 0.717) is 10.8 Å². The second-order valence-electron chi connectivity index (χ2n) is 6.34. The average Bonchev–Trinajstić information content (AvgIpc) is 3.10. The number of amides is 1. The number of carbonyl (C=O) groups excluding carboxylic acids is 1. The minimum absolute atomic E-state index is 0.202. The molecule has 1 saturated heterocycles. The molecule has 2 aromatic heterocycles. The molecule has 0 spiro atoms. The molecule has 8 nitrogen and oxygen atoms in total. The van der Waals surface area contributed by atoms with Gasteiger partial charge in [-0.05, 0) is 31.5 Å². The maximum absolute atomic E-state index is 12.7. The number of hydrogen-bond acceptors (Lipinski definition) is 6. The van der Waals surface area contributed by atoms with Crippen molar-refractivity contribution < 1.29 is 13.2 Å². The molecular formula is C17H22N4O4S2. The molecule has 1 aliphatic rings. The largest absolute Gasteiger partial charge is 0.335 e. The number of hydrogen-bond donors (Lipinski definition) is 0. The number of aromatic nitrogens is 2. The molecule has 3 heterocycles. The molecule has 10 heteroatoms. The van der Waals surface area contributed by atoms with Crippen LogP contribution in [0.4, 0.5) is 0 Å². The summed E-state index contributed by atoms with van der Waals surface area (Å²) in [6.45, 7) is 5.29. The van der Waals surface area contributed by atoms with Gasteiger partial charge in [0.1, 0.15) is 9.90 Å². The van der Waals surface area contributed by atoms with E-state index < -0.39 is 10.0 Å². The molecule has 0 saturated carbocycles. The summed E-state index contributed by atoms with van der Waals surface area (Å²) in [5.74, 6) is -0.288. The predicted octanol–water partition coefficient (Wildman–Crippen LogP) is 1.17. The van der Waals surface area contributed by atoms with Crippen molar-refractivity contribution in [3.05, 3.63) is 45.2 Å². The molecule has 0 aliphatic carbocycles. The van der Waals surface area contributed by atoms with Gasteiger partial charge in [0.25, 0.3) is 21.5 Å². The molecule has 1 aliphatic heterocycles. The van der Waals surface area contributed by atoms with Crippen LogP contribution in [0.25, 0.3) is 0 Å². The molecule has 3 rings (SSSR count). The highest BCUT2D eigenvalue weighted by Gasteiger charge is 2.31. The molecule has 27 heavy (non-hydrogen) atoms. The van der Waals surface area contributed by atoms with Crippen molar-refractivity contribution in [2.24, 2.45) is 0 Å². The van der Waals surface area contributed by atoms with Crippen molar-refractivity contribution in [2.45, 2.75) is 31.0 Å². The first-order valence-electron chi connectivity index (χ1n) is 8.77. The Morgan fingerprint density at radius 2 is 1.85 bits per heavy atom. The summed E-state index contributed by atoms with van der Waals surface area (Å²) < 4.78 is 28.4. The van der Waals surface area contributed by atoms with Crippen LogP contribution in [0.15, 0.2) is 33.3 Å². The lowest BCUT2D eigenvalue weighted by molar-refractivity contribution is 0.0689. The lowest BCUT2D eigenvalue weighted by atomic mass is 10.3. The van der Waals surface area contributed by atoms with Crippen LogP contribution in [0, 0.1) is 6.92 Å². The Morgan fingerprint density at radius 1 is 1.15 bits per heavy atom. The van der Waals surface area contributed by atoms with E-state index in [9.17, 15) is 18.0 Å². The lowest BCUT2D eigenvalue weighted by Gasteiger charge is -2.33. The Labute approximate surface area is 162 Å². The minimum atomic E-state index is -3.52. The van der Waals surface area contributed by atoms with E-state index in [0.717, 1.165) is 11.3 Å². The summed E-state index contributed by atoms with van der Waals surface area (Å²) in [5, 5.41) is 4.14. The van der Waals surface area contributed by atoms with Crippen LogP contribution in [-0.2, 0) is 16.6 Å². The fraction of sp³-hybridized carbons (Fsp3) is 0.471. The van der Waals surface area contributed by atoms with Gasteiger partial charge in [-0.25, -0.2) is 13.1 Å². The number of nitrogens with zero attached hydrogens (tertiary/aromatic N) is 4. The molecule has 1 amide bonds. The van der Waals surface area contributed by atoms with Crippen molar-refractivity contribution in [1.82, 2.24) is 19.0 Å². The second kappa shape index (κ2) is 7.91. The van der Waals surface area contributed by atoms with Crippen LogP contribution in [0.2, 0.25) is 0 Å². The maximum Gasteiger partial charge on any atom is 0.274 e. The molecule has 1 fully saturated rings. The summed E-state index contributed by atoms with van der Waals surface area (Å²) in [5.41, 5.74) is -0.0382.